The van der Waals surface area contributed by atoms with Gasteiger partial charge in [-0.05, 0) is 77.4 Å². The summed E-state index contributed by atoms with van der Waals surface area (Å²) in [5, 5.41) is 8.63. The fraction of sp³-hybridized carbons (Fsp3) is 0.429. The van der Waals surface area contributed by atoms with E-state index in [9.17, 15) is 13.6 Å². The van der Waals surface area contributed by atoms with Crippen LogP contribution in [0, 0.1) is 12.8 Å². The summed E-state index contributed by atoms with van der Waals surface area (Å²) < 4.78 is 27.8. The Morgan fingerprint density at radius 3 is 2.49 bits per heavy atom. The zero-order valence-corrected chi connectivity index (χ0v) is 22.0. The summed E-state index contributed by atoms with van der Waals surface area (Å²) in [4.78, 5) is 28.5. The van der Waals surface area contributed by atoms with Gasteiger partial charge in [-0.3, -0.25) is 4.79 Å². The van der Waals surface area contributed by atoms with Gasteiger partial charge in [0.05, 0.1) is 17.0 Å². The van der Waals surface area contributed by atoms with Crippen LogP contribution in [-0.2, 0) is 4.79 Å². The van der Waals surface area contributed by atoms with Gasteiger partial charge < -0.3 is 15.0 Å². The topological polar surface area (TPSA) is 95.0 Å². The van der Waals surface area contributed by atoms with Crippen molar-refractivity contribution in [3.05, 3.63) is 65.5 Å². The van der Waals surface area contributed by atoms with Gasteiger partial charge in [0.15, 0.2) is 0 Å². The van der Waals surface area contributed by atoms with Crippen molar-refractivity contribution in [2.24, 2.45) is 5.92 Å². The van der Waals surface area contributed by atoms with Crippen LogP contribution < -0.4 is 0 Å². The predicted molar refractivity (Wildman–Crippen MR) is 142 cm³/mol. The van der Waals surface area contributed by atoms with E-state index in [1.807, 2.05) is 27.0 Å². The molecule has 3 aromatic rings. The highest BCUT2D eigenvalue weighted by atomic mass is 19.1. The Morgan fingerprint density at radius 1 is 1.22 bits per heavy atom. The van der Waals surface area contributed by atoms with E-state index >= 15 is 0 Å². The number of carboxylic acids is 1. The van der Waals surface area contributed by atoms with Crippen molar-refractivity contribution in [2.75, 3.05) is 20.1 Å². The largest absolute Gasteiger partial charge is 0.481 e. The molecule has 198 valence electrons. The lowest BCUT2D eigenvalue weighted by Crippen LogP contribution is -2.35. The quantitative estimate of drug-likeness (QED) is 0.397. The number of likely N-dealkylation sites (tertiary alicyclic amines) is 1. The van der Waals surface area contributed by atoms with Crippen LogP contribution >= 0.6 is 0 Å². The van der Waals surface area contributed by atoms with Crippen LogP contribution in [-0.4, -0.2) is 62.2 Å². The molecule has 2 N–H and O–H groups in total. The van der Waals surface area contributed by atoms with Gasteiger partial charge in [0.25, 0.3) is 0 Å². The average molecular weight is 512 g/mol. The van der Waals surface area contributed by atoms with Gasteiger partial charge in [-0.15, -0.1) is 0 Å². The van der Waals surface area contributed by atoms with Crippen LogP contribution in [0.3, 0.4) is 0 Å². The lowest BCUT2D eigenvalue weighted by molar-refractivity contribution is -0.143. The second-order valence-electron chi connectivity index (χ2n) is 9.52. The van der Waals surface area contributed by atoms with Crippen LogP contribution in [0.5, 0.6) is 0 Å². The molecule has 4 rings (SSSR count). The van der Waals surface area contributed by atoms with Gasteiger partial charge in [0.2, 0.25) is 0 Å². The van der Waals surface area contributed by atoms with Crippen LogP contribution in [0.15, 0.2) is 42.7 Å². The number of carboxylic acid groups (broad SMARTS) is 1. The average Bonchev–Trinajstić information content (AvgIpc) is 3.27. The number of imidazole rings is 1. The number of piperidine rings is 1. The monoisotopic (exact) mass is 511 g/mol. The molecule has 1 saturated heterocycles. The maximum absolute atomic E-state index is 14.3. The van der Waals surface area contributed by atoms with Crippen LogP contribution in [0.2, 0.25) is 0 Å². The highest BCUT2D eigenvalue weighted by molar-refractivity contribution is 5.81. The molecule has 3 heterocycles. The van der Waals surface area contributed by atoms with Crippen molar-refractivity contribution in [2.45, 2.75) is 52.9 Å². The molecule has 37 heavy (non-hydrogen) atoms. The van der Waals surface area contributed by atoms with Crippen LogP contribution in [0.1, 0.15) is 62.6 Å². The van der Waals surface area contributed by atoms with Crippen molar-refractivity contribution < 1.29 is 18.7 Å². The summed E-state index contributed by atoms with van der Waals surface area (Å²) in [6, 6.07) is 5.15. The number of H-pyrrole nitrogens is 1. The molecular formula is C28H35F2N5O2. The van der Waals surface area contributed by atoms with Crippen molar-refractivity contribution in [1.29, 1.82) is 0 Å². The molecule has 0 aliphatic carbocycles. The number of fused-ring (bicyclic) bond motifs is 1. The maximum atomic E-state index is 14.3. The van der Waals surface area contributed by atoms with Gasteiger partial charge >= 0.3 is 5.97 Å². The minimum atomic E-state index is -1.22. The molecule has 1 aliphatic rings. The number of alkyl halides is 2. The van der Waals surface area contributed by atoms with E-state index in [2.05, 4.69) is 24.8 Å². The smallest absolute Gasteiger partial charge is 0.307 e. The molecule has 2 aromatic heterocycles. The number of rotatable bonds is 6. The number of benzene rings is 1. The molecule has 0 bridgehead atoms. The Bertz CT molecular complexity index is 1270. The fourth-order valence-corrected chi connectivity index (χ4v) is 4.09. The number of aromatic nitrogens is 4. The van der Waals surface area contributed by atoms with Gasteiger partial charge in [-0.2, -0.15) is 0 Å². The highest BCUT2D eigenvalue weighted by Crippen LogP contribution is 2.26. The molecule has 0 spiro atoms. The van der Waals surface area contributed by atoms with Crippen molar-refractivity contribution in [1.82, 2.24) is 24.8 Å². The third-order valence-electron chi connectivity index (χ3n) is 6.39. The Kier molecular flexibility index (Phi) is 9.63. The maximum Gasteiger partial charge on any atom is 0.307 e. The first kappa shape index (κ1) is 28.1. The molecule has 1 aromatic carbocycles. The van der Waals surface area contributed by atoms with Gasteiger partial charge in [-0.25, -0.2) is 23.7 Å². The van der Waals surface area contributed by atoms with E-state index < -0.39 is 18.3 Å². The summed E-state index contributed by atoms with van der Waals surface area (Å²) in [5.41, 5.74) is 4.13. The molecule has 7 nitrogen and oxygen atoms in total. The minimum absolute atomic E-state index is 0.126. The summed E-state index contributed by atoms with van der Waals surface area (Å²) in [7, 11) is 1.97. The number of aromatic amines is 1. The first-order valence-corrected chi connectivity index (χ1v) is 12.4. The number of hydrogen-bond donors (Lipinski definition) is 2. The fourth-order valence-electron chi connectivity index (χ4n) is 4.09. The van der Waals surface area contributed by atoms with E-state index in [0.717, 1.165) is 37.1 Å². The molecule has 0 saturated carbocycles. The minimum Gasteiger partial charge on any atom is -0.481 e. The third kappa shape index (κ3) is 7.76. The van der Waals surface area contributed by atoms with Crippen molar-refractivity contribution in [3.63, 3.8) is 0 Å². The van der Waals surface area contributed by atoms with Gasteiger partial charge in [0, 0.05) is 30.1 Å². The number of halogens is 2. The molecule has 3 atom stereocenters. The van der Waals surface area contributed by atoms with E-state index in [4.69, 9.17) is 5.11 Å². The number of allylic oxidation sites excluding steroid dienone is 4. The van der Waals surface area contributed by atoms with Gasteiger partial charge in [0.1, 0.15) is 24.0 Å². The zero-order chi connectivity index (χ0) is 27.1. The lowest BCUT2D eigenvalue weighted by Gasteiger charge is -2.26. The normalized spacial score (nSPS) is 18.7. The molecule has 1 aliphatic heterocycles. The Labute approximate surface area is 216 Å². The first-order chi connectivity index (χ1) is 17.5. The Balaban J connectivity index is 0.000000319. The number of aliphatic carboxylic acids is 1. The highest BCUT2D eigenvalue weighted by Gasteiger charge is 2.22. The number of nitrogens with one attached hydrogen (secondary N) is 1. The number of carbonyl (C=O) groups is 1. The Morgan fingerprint density at radius 2 is 1.92 bits per heavy atom. The number of aryl methyl sites for hydroxylation is 1. The second-order valence-corrected chi connectivity index (χ2v) is 9.52. The second kappa shape index (κ2) is 12.7. The van der Waals surface area contributed by atoms with E-state index in [1.165, 1.54) is 13.8 Å². The van der Waals surface area contributed by atoms with E-state index in [-0.39, 0.29) is 5.92 Å². The lowest BCUT2D eigenvalue weighted by atomic mass is 9.99. The zero-order valence-electron chi connectivity index (χ0n) is 22.0. The molecule has 0 radical (unpaired) electrons. The summed E-state index contributed by atoms with van der Waals surface area (Å²) in [6.45, 7) is 8.45. The summed E-state index contributed by atoms with van der Waals surface area (Å²) in [5.74, 6) is 0.363. The number of hydrogen-bond acceptors (Lipinski definition) is 5. The molecular weight excluding hydrogens is 476 g/mol. The molecule has 0 amide bonds. The molecule has 9 heteroatoms. The Hall–Kier alpha value is -3.46. The number of nitrogens with zero attached hydrogens (tertiary/aromatic N) is 4. The van der Waals surface area contributed by atoms with Crippen LogP contribution in [0.4, 0.5) is 8.78 Å². The van der Waals surface area contributed by atoms with Crippen molar-refractivity contribution >= 4 is 28.1 Å². The standard InChI is InChI=1S/C21H22F2N4.C7H13NO2/c1-12(17-10-24-15(4)25-11-17)5-7-18(14(3)23)21-26-19-8-6-16(13(2)22)9-20(19)27-21;1-8-4-2-3-6(5-8)7(9)10/h5-11,13-14H,1-4H3,(H,26,27);6H,2-5H2,1H3,(H,9,10)/b12-5+,18-7+;. The van der Waals surface area contributed by atoms with E-state index in [0.29, 0.717) is 33.8 Å². The molecule has 1 fully saturated rings. The third-order valence-corrected chi connectivity index (χ3v) is 6.39. The molecule has 3 unspecified atom stereocenters. The van der Waals surface area contributed by atoms with Gasteiger partial charge in [-0.1, -0.05) is 18.2 Å². The summed E-state index contributed by atoms with van der Waals surface area (Å²) >= 11 is 0. The first-order valence-electron chi connectivity index (χ1n) is 12.4. The van der Waals surface area contributed by atoms with Crippen LogP contribution in [0.25, 0.3) is 22.2 Å². The van der Waals surface area contributed by atoms with Crippen molar-refractivity contribution in [3.8, 4) is 0 Å². The van der Waals surface area contributed by atoms with E-state index in [1.54, 1.807) is 36.7 Å². The predicted octanol–water partition coefficient (Wildman–Crippen LogP) is 5.95. The SMILES string of the molecule is C/C(=C\C=C(\c1nc2ccc(C(C)F)cc2[nH]1)C(C)F)c1cnc(C)nc1.CN1CCCC(C(=O)O)C1. The summed E-state index contributed by atoms with van der Waals surface area (Å²) in [6.07, 6.45) is 6.58.